The first-order valence-corrected chi connectivity index (χ1v) is 12.8. The van der Waals surface area contributed by atoms with Crippen LogP contribution in [0.5, 0.6) is 11.5 Å². The van der Waals surface area contributed by atoms with Crippen LogP contribution in [0.25, 0.3) is 0 Å². The molecule has 0 aromatic heterocycles. The average molecular weight is 544 g/mol. The first-order chi connectivity index (χ1) is 17.8. The van der Waals surface area contributed by atoms with Crippen molar-refractivity contribution in [1.29, 1.82) is 5.26 Å². The standard InChI is InChI=1S/C26H26ClN3O6S/c1-4-35-17-9-7-16(8-10-17)29-21(31)14-37-25-18(13-28)22(23(24(32)30-25)26(33)34-3)15-6-11-20(36-5-2)19(27)12-15/h6-12,22-23H,4-5,14H2,1-3H3,(H,29,31)(H,30,32)/t22-,23+/m0/s1. The molecule has 2 aromatic rings. The first kappa shape index (κ1) is 27.9. The number of esters is 1. The molecule has 0 unspecified atom stereocenters. The number of nitrogens with zero attached hydrogens (tertiary/aromatic N) is 1. The third-order valence-corrected chi connectivity index (χ3v) is 6.71. The summed E-state index contributed by atoms with van der Waals surface area (Å²) >= 11 is 7.34. The number of rotatable bonds is 10. The Balaban J connectivity index is 1.86. The van der Waals surface area contributed by atoms with E-state index in [-0.39, 0.29) is 27.3 Å². The maximum absolute atomic E-state index is 13.0. The fourth-order valence-corrected chi connectivity index (χ4v) is 4.89. The summed E-state index contributed by atoms with van der Waals surface area (Å²) < 4.78 is 15.7. The van der Waals surface area contributed by atoms with Crippen molar-refractivity contribution in [3.8, 4) is 17.6 Å². The van der Waals surface area contributed by atoms with Gasteiger partial charge in [-0.3, -0.25) is 14.4 Å². The number of anilines is 1. The number of methoxy groups -OCH3 is 1. The molecule has 0 saturated carbocycles. The normalized spacial score (nSPS) is 16.9. The highest BCUT2D eigenvalue weighted by molar-refractivity contribution is 8.03. The second-order valence-corrected chi connectivity index (χ2v) is 9.13. The second-order valence-electron chi connectivity index (χ2n) is 7.74. The molecule has 2 aromatic carbocycles. The molecule has 9 nitrogen and oxygen atoms in total. The van der Waals surface area contributed by atoms with Gasteiger partial charge in [-0.2, -0.15) is 5.26 Å². The van der Waals surface area contributed by atoms with Crippen molar-refractivity contribution in [3.05, 3.63) is 63.7 Å². The van der Waals surface area contributed by atoms with Gasteiger partial charge in [0.25, 0.3) is 0 Å². The van der Waals surface area contributed by atoms with Crippen molar-refractivity contribution in [2.24, 2.45) is 5.92 Å². The minimum Gasteiger partial charge on any atom is -0.494 e. The fraction of sp³-hybridized carbons (Fsp3) is 0.308. The molecule has 0 fully saturated rings. The summed E-state index contributed by atoms with van der Waals surface area (Å²) in [7, 11) is 1.17. The topological polar surface area (TPSA) is 127 Å². The zero-order valence-corrected chi connectivity index (χ0v) is 22.1. The molecule has 0 radical (unpaired) electrons. The van der Waals surface area contributed by atoms with E-state index in [1.54, 1.807) is 42.5 Å². The molecule has 2 amide bonds. The van der Waals surface area contributed by atoms with E-state index in [0.29, 0.717) is 36.0 Å². The van der Waals surface area contributed by atoms with Crippen LogP contribution in [-0.2, 0) is 19.1 Å². The van der Waals surface area contributed by atoms with E-state index in [9.17, 15) is 19.6 Å². The van der Waals surface area contributed by atoms with E-state index in [2.05, 4.69) is 16.7 Å². The zero-order valence-electron chi connectivity index (χ0n) is 20.5. The highest BCUT2D eigenvalue weighted by atomic mass is 35.5. The number of carbonyl (C=O) groups excluding carboxylic acids is 3. The van der Waals surface area contributed by atoms with Crippen molar-refractivity contribution in [1.82, 2.24) is 5.32 Å². The van der Waals surface area contributed by atoms with E-state index >= 15 is 0 Å². The number of ether oxygens (including phenoxy) is 3. The minimum atomic E-state index is -1.31. The number of allylic oxidation sites excluding steroid dienone is 1. The van der Waals surface area contributed by atoms with E-state index in [0.717, 1.165) is 11.8 Å². The van der Waals surface area contributed by atoms with Gasteiger partial charge in [0, 0.05) is 11.6 Å². The van der Waals surface area contributed by atoms with Crippen molar-refractivity contribution < 1.29 is 28.6 Å². The van der Waals surface area contributed by atoms with Crippen LogP contribution in [0.1, 0.15) is 25.3 Å². The molecule has 37 heavy (non-hydrogen) atoms. The molecule has 2 N–H and O–H groups in total. The predicted octanol–water partition coefficient (Wildman–Crippen LogP) is 4.25. The smallest absolute Gasteiger partial charge is 0.319 e. The zero-order chi connectivity index (χ0) is 26.9. The van der Waals surface area contributed by atoms with Crippen molar-refractivity contribution in [3.63, 3.8) is 0 Å². The van der Waals surface area contributed by atoms with Crippen LogP contribution in [0, 0.1) is 17.2 Å². The molecule has 0 saturated heterocycles. The summed E-state index contributed by atoms with van der Waals surface area (Å²) in [4.78, 5) is 38.1. The second kappa shape index (κ2) is 13.0. The number of carbonyl (C=O) groups is 3. The van der Waals surface area contributed by atoms with Gasteiger partial charge in [-0.15, -0.1) is 0 Å². The van der Waals surface area contributed by atoms with Gasteiger partial charge in [-0.1, -0.05) is 29.4 Å². The quantitative estimate of drug-likeness (QED) is 0.336. The third kappa shape index (κ3) is 6.76. The van der Waals surface area contributed by atoms with Crippen LogP contribution < -0.4 is 20.1 Å². The van der Waals surface area contributed by atoms with Gasteiger partial charge >= 0.3 is 5.97 Å². The van der Waals surface area contributed by atoms with Crippen LogP contribution >= 0.6 is 23.4 Å². The number of amides is 2. The molecule has 194 valence electrons. The lowest BCUT2D eigenvalue weighted by molar-refractivity contribution is -0.150. The molecule has 11 heteroatoms. The van der Waals surface area contributed by atoms with Crippen molar-refractivity contribution >= 4 is 46.8 Å². The van der Waals surface area contributed by atoms with Gasteiger partial charge in [0.05, 0.1) is 47.8 Å². The Kier molecular flexibility index (Phi) is 9.83. The van der Waals surface area contributed by atoms with Gasteiger partial charge in [0.2, 0.25) is 11.8 Å². The molecular formula is C26H26ClN3O6S. The first-order valence-electron chi connectivity index (χ1n) is 11.4. The summed E-state index contributed by atoms with van der Waals surface area (Å²) in [6, 6.07) is 13.8. The largest absolute Gasteiger partial charge is 0.494 e. The lowest BCUT2D eigenvalue weighted by atomic mass is 9.78. The Morgan fingerprint density at radius 3 is 2.43 bits per heavy atom. The van der Waals surface area contributed by atoms with Crippen LogP contribution in [0.3, 0.4) is 0 Å². The Hall–Kier alpha value is -3.68. The molecule has 1 aliphatic heterocycles. The van der Waals surface area contributed by atoms with Crippen LogP contribution in [-0.4, -0.2) is 43.9 Å². The van der Waals surface area contributed by atoms with E-state index < -0.39 is 23.7 Å². The van der Waals surface area contributed by atoms with Crippen LogP contribution in [0.4, 0.5) is 5.69 Å². The molecule has 3 rings (SSSR count). The van der Waals surface area contributed by atoms with E-state index in [1.807, 2.05) is 13.8 Å². The van der Waals surface area contributed by atoms with Gasteiger partial charge < -0.3 is 24.8 Å². The van der Waals surface area contributed by atoms with Gasteiger partial charge in [-0.25, -0.2) is 0 Å². The number of benzene rings is 2. The number of nitriles is 1. The summed E-state index contributed by atoms with van der Waals surface area (Å²) in [5, 5.41) is 15.8. The predicted molar refractivity (Wildman–Crippen MR) is 140 cm³/mol. The number of thioether (sulfide) groups is 1. The van der Waals surface area contributed by atoms with Gasteiger partial charge in [0.1, 0.15) is 17.4 Å². The SMILES string of the molecule is CCOc1ccc(NC(=O)CSC2=C(C#N)[C@H](c3ccc(OCC)c(Cl)c3)[C@@H](C(=O)OC)C(=O)N2)cc1. The summed E-state index contributed by atoms with van der Waals surface area (Å²) in [5.41, 5.74) is 1.16. The summed E-state index contributed by atoms with van der Waals surface area (Å²) in [5.74, 6) is -3.02. The number of hydrogen-bond donors (Lipinski definition) is 2. The average Bonchev–Trinajstić information content (AvgIpc) is 2.89. The lowest BCUT2D eigenvalue weighted by Gasteiger charge is -2.31. The Morgan fingerprint density at radius 2 is 1.84 bits per heavy atom. The maximum atomic E-state index is 13.0. The fourth-order valence-electron chi connectivity index (χ4n) is 3.80. The molecule has 2 atom stereocenters. The molecule has 1 heterocycles. The number of nitrogens with one attached hydrogen (secondary N) is 2. The van der Waals surface area contributed by atoms with Crippen molar-refractivity contribution in [2.45, 2.75) is 19.8 Å². The molecule has 1 aliphatic rings. The molecule has 0 aliphatic carbocycles. The molecule has 0 spiro atoms. The maximum Gasteiger partial charge on any atom is 0.319 e. The monoisotopic (exact) mass is 543 g/mol. The number of hydrogen-bond acceptors (Lipinski definition) is 8. The molecule has 0 bridgehead atoms. The minimum absolute atomic E-state index is 0.0896. The highest BCUT2D eigenvalue weighted by Crippen LogP contribution is 2.42. The Bertz CT molecular complexity index is 1240. The lowest BCUT2D eigenvalue weighted by Crippen LogP contribution is -2.44. The Morgan fingerprint density at radius 1 is 1.14 bits per heavy atom. The highest BCUT2D eigenvalue weighted by Gasteiger charge is 2.44. The number of halogens is 1. The van der Waals surface area contributed by atoms with E-state index in [4.69, 9.17) is 25.8 Å². The third-order valence-electron chi connectivity index (χ3n) is 5.40. The van der Waals surface area contributed by atoms with Crippen LogP contribution in [0.2, 0.25) is 5.02 Å². The Labute approximate surface area is 224 Å². The van der Waals surface area contributed by atoms with Gasteiger partial charge in [0.15, 0.2) is 0 Å². The van der Waals surface area contributed by atoms with Crippen LogP contribution in [0.15, 0.2) is 53.1 Å². The summed E-state index contributed by atoms with van der Waals surface area (Å²) in [6.07, 6.45) is 0. The van der Waals surface area contributed by atoms with E-state index in [1.165, 1.54) is 7.11 Å². The summed E-state index contributed by atoms with van der Waals surface area (Å²) in [6.45, 7) is 4.63. The van der Waals surface area contributed by atoms with Crippen molar-refractivity contribution in [2.75, 3.05) is 31.4 Å². The van der Waals surface area contributed by atoms with Gasteiger partial charge in [-0.05, 0) is 55.8 Å². The molecular weight excluding hydrogens is 518 g/mol.